The first-order chi connectivity index (χ1) is 18.4. The van der Waals surface area contributed by atoms with Gasteiger partial charge in [0, 0.05) is 19.4 Å². The normalized spacial score (nSPS) is 22.2. The van der Waals surface area contributed by atoms with Gasteiger partial charge in [-0.1, -0.05) is 0 Å². The van der Waals surface area contributed by atoms with Crippen LogP contribution in [0, 0.1) is 6.92 Å². The maximum atomic E-state index is 13.2. The second kappa shape index (κ2) is 10.7. The fraction of sp³-hybridized carbons (Fsp3) is 0.583. The number of aryl methyl sites for hydroxylation is 1. The molecule has 39 heavy (non-hydrogen) atoms. The molecule has 5 heterocycles. The van der Waals surface area contributed by atoms with Gasteiger partial charge >= 0.3 is 12.1 Å². The van der Waals surface area contributed by atoms with Crippen molar-refractivity contribution in [3.05, 3.63) is 23.4 Å². The molecule has 0 aliphatic carbocycles. The molecule has 2 saturated heterocycles. The summed E-state index contributed by atoms with van der Waals surface area (Å²) in [6.07, 6.45) is -1.60. The summed E-state index contributed by atoms with van der Waals surface area (Å²) in [5.74, 6) is -2.17. The van der Waals surface area contributed by atoms with E-state index in [4.69, 9.17) is 14.5 Å². The van der Waals surface area contributed by atoms with Gasteiger partial charge < -0.3 is 14.4 Å². The van der Waals surface area contributed by atoms with E-state index < -0.39 is 21.8 Å². The van der Waals surface area contributed by atoms with Gasteiger partial charge in [-0.3, -0.25) is 4.79 Å². The molecule has 2 fully saturated rings. The summed E-state index contributed by atoms with van der Waals surface area (Å²) >= 11 is 1.11. The zero-order valence-corrected chi connectivity index (χ0v) is 23.4. The zero-order valence-electron chi connectivity index (χ0n) is 21.7. The number of amides is 1. The SMILES string of the molecule is Cc1cc(-c2nsc3c(CS(C)(=O)=NC(=O)C(F)(F)F)cc(N4CCOC[C@H]4C)nc23)n(C2CCCCO2)n1. The fourth-order valence-corrected chi connectivity index (χ4v) is 7.09. The van der Waals surface area contributed by atoms with E-state index in [0.717, 1.165) is 42.7 Å². The molecule has 3 aromatic heterocycles. The van der Waals surface area contributed by atoms with Crippen LogP contribution < -0.4 is 4.90 Å². The zero-order chi connectivity index (χ0) is 27.9. The van der Waals surface area contributed by atoms with Gasteiger partial charge in [-0.05, 0) is 62.3 Å². The van der Waals surface area contributed by atoms with E-state index in [0.29, 0.717) is 59.4 Å². The number of morpholine rings is 1. The maximum Gasteiger partial charge on any atom is 0.474 e. The van der Waals surface area contributed by atoms with Gasteiger partial charge in [0.05, 0.1) is 50.8 Å². The second-order valence-electron chi connectivity index (χ2n) is 9.90. The largest absolute Gasteiger partial charge is 0.474 e. The van der Waals surface area contributed by atoms with Crippen molar-refractivity contribution in [2.45, 2.75) is 57.3 Å². The second-order valence-corrected chi connectivity index (χ2v) is 13.1. The lowest BCUT2D eigenvalue weighted by Crippen LogP contribution is -2.44. The molecule has 0 aromatic carbocycles. The summed E-state index contributed by atoms with van der Waals surface area (Å²) in [6.45, 7) is 6.01. The molecule has 3 atom stereocenters. The van der Waals surface area contributed by atoms with E-state index in [-0.39, 0.29) is 18.0 Å². The van der Waals surface area contributed by atoms with Gasteiger partial charge in [-0.15, -0.1) is 0 Å². The van der Waals surface area contributed by atoms with E-state index in [1.54, 1.807) is 6.07 Å². The Bertz CT molecular complexity index is 1510. The van der Waals surface area contributed by atoms with Crippen LogP contribution in [-0.4, -0.2) is 74.1 Å². The Hall–Kier alpha value is -2.62. The van der Waals surface area contributed by atoms with Gasteiger partial charge in [0.1, 0.15) is 17.0 Å². The van der Waals surface area contributed by atoms with Crippen LogP contribution in [-0.2, 0) is 29.8 Å². The molecule has 0 spiro atoms. The van der Waals surface area contributed by atoms with Crippen LogP contribution in [0.15, 0.2) is 16.5 Å². The predicted molar refractivity (Wildman–Crippen MR) is 141 cm³/mol. The number of hydrogen-bond acceptors (Lipinski definition) is 9. The highest BCUT2D eigenvalue weighted by atomic mass is 32.2. The van der Waals surface area contributed by atoms with Gasteiger partial charge in [-0.25, -0.2) is 13.9 Å². The first-order valence-electron chi connectivity index (χ1n) is 12.6. The lowest BCUT2D eigenvalue weighted by Gasteiger charge is -2.34. The summed E-state index contributed by atoms with van der Waals surface area (Å²) in [7, 11) is -3.57. The molecule has 0 N–H and O–H groups in total. The first-order valence-corrected chi connectivity index (χ1v) is 15.4. The number of fused-ring (bicyclic) bond motifs is 1. The number of alkyl halides is 3. The Balaban J connectivity index is 1.65. The third-order valence-electron chi connectivity index (χ3n) is 6.62. The standard InChI is InChI=1S/C24H29F3N6O4S2/c1-14-10-17(33(29-14)19-6-4-5-8-37-19)20-21-22(38-30-20)16(13-39(3,35)31-23(34)24(25,26)27)11-18(28-21)32-7-9-36-12-15(32)2/h10-11,15,19H,4-9,12-13H2,1-3H3/t15-,19?,39?/m1/s1. The van der Waals surface area contributed by atoms with Crippen molar-refractivity contribution in [1.29, 1.82) is 0 Å². The molecule has 2 aliphatic rings. The van der Waals surface area contributed by atoms with E-state index in [1.165, 1.54) is 0 Å². The van der Waals surface area contributed by atoms with Crippen LogP contribution >= 0.6 is 11.5 Å². The smallest absolute Gasteiger partial charge is 0.377 e. The molecule has 5 rings (SSSR count). The number of aromatic nitrogens is 4. The number of anilines is 1. The summed E-state index contributed by atoms with van der Waals surface area (Å²) in [5.41, 5.74) is 3.02. The van der Waals surface area contributed by atoms with Crippen LogP contribution in [0.1, 0.15) is 43.7 Å². The molecular weight excluding hydrogens is 557 g/mol. The summed E-state index contributed by atoms with van der Waals surface area (Å²) < 4.78 is 73.4. The summed E-state index contributed by atoms with van der Waals surface area (Å²) in [4.78, 5) is 18.5. The van der Waals surface area contributed by atoms with Gasteiger partial charge in [0.2, 0.25) is 0 Å². The van der Waals surface area contributed by atoms with Crippen LogP contribution in [0.5, 0.6) is 0 Å². The highest BCUT2D eigenvalue weighted by molar-refractivity contribution is 7.92. The van der Waals surface area contributed by atoms with Crippen molar-refractivity contribution >= 4 is 43.2 Å². The molecule has 1 amide bonds. The Kier molecular flexibility index (Phi) is 7.70. The number of carbonyl (C=O) groups is 1. The quantitative estimate of drug-likeness (QED) is 0.431. The number of carbonyl (C=O) groups excluding carboxylic acids is 1. The lowest BCUT2D eigenvalue weighted by atomic mass is 10.1. The molecule has 10 nitrogen and oxygen atoms in total. The number of pyridine rings is 1. The number of ether oxygens (including phenoxy) is 2. The third kappa shape index (κ3) is 5.95. The monoisotopic (exact) mass is 586 g/mol. The molecule has 0 radical (unpaired) electrons. The van der Waals surface area contributed by atoms with Crippen LogP contribution in [0.3, 0.4) is 0 Å². The molecule has 0 bridgehead atoms. The minimum atomic E-state index is -5.20. The first kappa shape index (κ1) is 27.9. The van der Waals surface area contributed by atoms with Gasteiger partial charge in [0.15, 0.2) is 6.23 Å². The summed E-state index contributed by atoms with van der Waals surface area (Å²) in [5, 5.41) is 4.66. The lowest BCUT2D eigenvalue weighted by molar-refractivity contribution is -0.169. The highest BCUT2D eigenvalue weighted by Crippen LogP contribution is 2.38. The number of rotatable bonds is 5. The van der Waals surface area contributed by atoms with E-state index >= 15 is 0 Å². The number of halogens is 3. The fourth-order valence-electron chi connectivity index (χ4n) is 4.84. The molecule has 15 heteroatoms. The number of hydrogen-bond donors (Lipinski definition) is 0. The number of nitrogens with zero attached hydrogens (tertiary/aromatic N) is 6. The van der Waals surface area contributed by atoms with E-state index in [9.17, 15) is 22.2 Å². The molecule has 212 valence electrons. The van der Waals surface area contributed by atoms with Crippen molar-refractivity contribution in [3.8, 4) is 11.4 Å². The third-order valence-corrected chi connectivity index (χ3v) is 8.93. The van der Waals surface area contributed by atoms with Gasteiger partial charge in [0.25, 0.3) is 0 Å². The minimum absolute atomic E-state index is 0.0162. The Morgan fingerprint density at radius 3 is 2.77 bits per heavy atom. The molecule has 3 aromatic rings. The molecule has 2 aliphatic heterocycles. The van der Waals surface area contributed by atoms with Crippen LogP contribution in [0.2, 0.25) is 0 Å². The molecular formula is C24H29F3N6O4S2. The Morgan fingerprint density at radius 2 is 2.08 bits per heavy atom. The van der Waals surface area contributed by atoms with Crippen molar-refractivity contribution in [1.82, 2.24) is 19.1 Å². The van der Waals surface area contributed by atoms with E-state index in [1.807, 2.05) is 29.5 Å². The Labute approximate surface area is 227 Å². The Morgan fingerprint density at radius 1 is 1.28 bits per heavy atom. The molecule has 0 saturated carbocycles. The maximum absolute atomic E-state index is 13.2. The van der Waals surface area contributed by atoms with Crippen molar-refractivity contribution < 1.29 is 31.6 Å². The van der Waals surface area contributed by atoms with Crippen LogP contribution in [0.4, 0.5) is 19.0 Å². The van der Waals surface area contributed by atoms with Crippen molar-refractivity contribution in [3.63, 3.8) is 0 Å². The average Bonchev–Trinajstić information content (AvgIpc) is 3.47. The van der Waals surface area contributed by atoms with Gasteiger partial charge in [-0.2, -0.15) is 27.0 Å². The van der Waals surface area contributed by atoms with Crippen molar-refractivity contribution in [2.75, 3.05) is 37.5 Å². The van der Waals surface area contributed by atoms with Crippen molar-refractivity contribution in [2.24, 2.45) is 4.36 Å². The minimum Gasteiger partial charge on any atom is -0.377 e. The predicted octanol–water partition coefficient (Wildman–Crippen LogP) is 4.47. The summed E-state index contributed by atoms with van der Waals surface area (Å²) in [6, 6.07) is 3.59. The average molecular weight is 587 g/mol. The topological polar surface area (TPSA) is 112 Å². The van der Waals surface area contributed by atoms with Crippen LogP contribution in [0.25, 0.3) is 21.6 Å². The molecule has 2 unspecified atom stereocenters. The highest BCUT2D eigenvalue weighted by Gasteiger charge is 2.39. The van der Waals surface area contributed by atoms with E-state index in [2.05, 4.69) is 13.8 Å².